The van der Waals surface area contributed by atoms with Gasteiger partial charge in [0.05, 0.1) is 26.0 Å². The lowest BCUT2D eigenvalue weighted by Gasteiger charge is -2.03. The number of nitrogens with zero attached hydrogens (tertiary/aromatic N) is 3. The predicted molar refractivity (Wildman–Crippen MR) is 90.4 cm³/mol. The molecule has 2 aromatic heterocycles. The summed E-state index contributed by atoms with van der Waals surface area (Å²) in [5, 5.41) is 14.0. The van der Waals surface area contributed by atoms with Crippen LogP contribution in [-0.4, -0.2) is 17.1 Å². The maximum absolute atomic E-state index is 8.70. The first-order valence-corrected chi connectivity index (χ1v) is 7.84. The lowest BCUT2D eigenvalue weighted by molar-refractivity contribution is 0.415. The topological polar surface area (TPSA) is 70.8 Å². The molecular weight excluding hydrogens is 308 g/mol. The minimum absolute atomic E-state index is 0.313. The number of benzene rings is 1. The second kappa shape index (κ2) is 6.90. The summed E-state index contributed by atoms with van der Waals surface area (Å²) in [6.07, 6.45) is 3.02. The molecule has 3 aromatic rings. The fraction of sp³-hybridized carbons (Fsp3) is 0.118. The number of hydrogen-bond donors (Lipinski definition) is 1. The van der Waals surface area contributed by atoms with E-state index in [1.54, 1.807) is 24.6 Å². The Hall–Kier alpha value is -2.91. The van der Waals surface area contributed by atoms with E-state index >= 15 is 0 Å². The van der Waals surface area contributed by atoms with E-state index < -0.39 is 0 Å². The molecule has 0 bridgehead atoms. The summed E-state index contributed by atoms with van der Waals surface area (Å²) in [6.45, 7) is 0.668. The molecule has 0 fully saturated rings. The summed E-state index contributed by atoms with van der Waals surface area (Å²) < 4.78 is 5.17. The van der Waals surface area contributed by atoms with Gasteiger partial charge in [-0.2, -0.15) is 5.26 Å². The quantitative estimate of drug-likeness (QED) is 0.775. The number of thiophene rings is 1. The minimum atomic E-state index is 0.313. The summed E-state index contributed by atoms with van der Waals surface area (Å²) in [5.41, 5.74) is 2.65. The van der Waals surface area contributed by atoms with E-state index in [2.05, 4.69) is 26.7 Å². The van der Waals surface area contributed by atoms with Crippen LogP contribution < -0.4 is 10.1 Å². The third kappa shape index (κ3) is 3.65. The zero-order valence-corrected chi connectivity index (χ0v) is 13.3. The Labute approximate surface area is 138 Å². The monoisotopic (exact) mass is 322 g/mol. The number of nitriles is 1. The van der Waals surface area contributed by atoms with Crippen LogP contribution in [0.5, 0.6) is 5.75 Å². The lowest BCUT2D eigenvalue weighted by Crippen LogP contribution is -2.00. The highest BCUT2D eigenvalue weighted by Gasteiger charge is 2.04. The molecule has 0 amide bonds. The molecule has 5 nitrogen and oxygen atoms in total. The van der Waals surface area contributed by atoms with Crippen molar-refractivity contribution >= 4 is 17.2 Å². The van der Waals surface area contributed by atoms with Crippen molar-refractivity contribution in [2.75, 3.05) is 12.4 Å². The Kier molecular flexibility index (Phi) is 4.50. The van der Waals surface area contributed by atoms with Gasteiger partial charge in [0.15, 0.2) is 5.69 Å². The maximum atomic E-state index is 8.70. The first-order valence-electron chi connectivity index (χ1n) is 6.96. The Morgan fingerprint density at radius 1 is 1.17 bits per heavy atom. The van der Waals surface area contributed by atoms with Crippen LogP contribution in [0.1, 0.15) is 10.6 Å². The van der Waals surface area contributed by atoms with Crippen molar-refractivity contribution in [2.24, 2.45) is 0 Å². The van der Waals surface area contributed by atoms with E-state index in [4.69, 9.17) is 10.00 Å². The molecule has 0 saturated carbocycles. The van der Waals surface area contributed by atoms with Crippen LogP contribution >= 0.6 is 11.3 Å². The molecule has 0 aliphatic heterocycles. The minimum Gasteiger partial charge on any atom is -0.497 e. The SMILES string of the molecule is COc1ccc(-c2csc(CNc3cnc(C#N)cn3)c2)cc1. The van der Waals surface area contributed by atoms with E-state index in [0.29, 0.717) is 18.1 Å². The summed E-state index contributed by atoms with van der Waals surface area (Å²) in [5.74, 6) is 1.51. The highest BCUT2D eigenvalue weighted by atomic mass is 32.1. The molecule has 2 heterocycles. The molecule has 6 heteroatoms. The van der Waals surface area contributed by atoms with E-state index in [1.807, 2.05) is 30.3 Å². The second-order valence-corrected chi connectivity index (χ2v) is 5.78. The van der Waals surface area contributed by atoms with E-state index in [-0.39, 0.29) is 0 Å². The van der Waals surface area contributed by atoms with Gasteiger partial charge in [-0.05, 0) is 34.7 Å². The third-order valence-electron chi connectivity index (χ3n) is 3.29. The molecule has 0 spiro atoms. The van der Waals surface area contributed by atoms with Gasteiger partial charge in [0.2, 0.25) is 0 Å². The van der Waals surface area contributed by atoms with Crippen molar-refractivity contribution < 1.29 is 4.74 Å². The average molecular weight is 322 g/mol. The number of aromatic nitrogens is 2. The Morgan fingerprint density at radius 3 is 2.65 bits per heavy atom. The van der Waals surface area contributed by atoms with Gasteiger partial charge in [-0.3, -0.25) is 0 Å². The lowest BCUT2D eigenvalue weighted by atomic mass is 10.1. The van der Waals surface area contributed by atoms with E-state index in [0.717, 1.165) is 11.3 Å². The number of nitrogens with one attached hydrogen (secondary N) is 1. The normalized spacial score (nSPS) is 10.1. The van der Waals surface area contributed by atoms with Crippen LogP contribution in [-0.2, 0) is 6.54 Å². The van der Waals surface area contributed by atoms with Gasteiger partial charge in [-0.15, -0.1) is 11.3 Å². The highest BCUT2D eigenvalue weighted by Crippen LogP contribution is 2.27. The largest absolute Gasteiger partial charge is 0.497 e. The number of methoxy groups -OCH3 is 1. The summed E-state index contributed by atoms with van der Waals surface area (Å²) >= 11 is 1.69. The predicted octanol–water partition coefficient (Wildman–Crippen LogP) is 3.70. The zero-order valence-electron chi connectivity index (χ0n) is 12.5. The fourth-order valence-corrected chi connectivity index (χ4v) is 2.90. The van der Waals surface area contributed by atoms with Crippen molar-refractivity contribution in [3.8, 4) is 22.9 Å². The molecule has 0 atom stereocenters. The first kappa shape index (κ1) is 15.0. The van der Waals surface area contributed by atoms with Gasteiger partial charge in [-0.25, -0.2) is 9.97 Å². The summed E-state index contributed by atoms with van der Waals surface area (Å²) in [7, 11) is 1.66. The number of rotatable bonds is 5. The van der Waals surface area contributed by atoms with Crippen molar-refractivity contribution in [3.63, 3.8) is 0 Å². The molecule has 0 unspecified atom stereocenters. The molecule has 114 valence electrons. The van der Waals surface area contributed by atoms with Crippen LogP contribution in [0.15, 0.2) is 48.1 Å². The molecule has 0 radical (unpaired) electrons. The van der Waals surface area contributed by atoms with Crippen LogP contribution in [0.2, 0.25) is 0 Å². The Bertz CT molecular complexity index is 819. The number of ether oxygens (including phenoxy) is 1. The van der Waals surface area contributed by atoms with Crippen molar-refractivity contribution in [3.05, 3.63) is 58.7 Å². The molecule has 1 N–H and O–H groups in total. The molecule has 0 saturated heterocycles. The van der Waals surface area contributed by atoms with Gasteiger partial charge >= 0.3 is 0 Å². The van der Waals surface area contributed by atoms with Crippen LogP contribution in [0.4, 0.5) is 5.82 Å². The summed E-state index contributed by atoms with van der Waals surface area (Å²) in [4.78, 5) is 9.32. The molecule has 0 aliphatic carbocycles. The molecule has 3 rings (SSSR count). The Balaban J connectivity index is 1.65. The van der Waals surface area contributed by atoms with Crippen molar-refractivity contribution in [2.45, 2.75) is 6.54 Å². The molecule has 23 heavy (non-hydrogen) atoms. The molecule has 0 aliphatic rings. The maximum Gasteiger partial charge on any atom is 0.158 e. The van der Waals surface area contributed by atoms with E-state index in [9.17, 15) is 0 Å². The van der Waals surface area contributed by atoms with Gasteiger partial charge in [0, 0.05) is 4.88 Å². The van der Waals surface area contributed by atoms with Gasteiger partial charge in [0.1, 0.15) is 17.6 Å². The standard InChI is InChI=1S/C17H14N4OS/c1-22-15-4-2-12(3-5-15)13-6-16(23-11-13)9-21-17-10-19-14(7-18)8-20-17/h2-6,8,10-11H,9H2,1H3,(H,20,21). The molecular formula is C17H14N4OS. The zero-order chi connectivity index (χ0) is 16.1. The third-order valence-corrected chi connectivity index (χ3v) is 4.22. The van der Waals surface area contributed by atoms with Gasteiger partial charge < -0.3 is 10.1 Å². The average Bonchev–Trinajstić information content (AvgIpc) is 3.09. The smallest absolute Gasteiger partial charge is 0.158 e. The van der Waals surface area contributed by atoms with Gasteiger partial charge in [-0.1, -0.05) is 12.1 Å². The second-order valence-electron chi connectivity index (χ2n) is 4.78. The van der Waals surface area contributed by atoms with Crippen molar-refractivity contribution in [1.82, 2.24) is 9.97 Å². The number of hydrogen-bond acceptors (Lipinski definition) is 6. The number of anilines is 1. The van der Waals surface area contributed by atoms with Gasteiger partial charge in [0.25, 0.3) is 0 Å². The van der Waals surface area contributed by atoms with Crippen LogP contribution in [0.3, 0.4) is 0 Å². The van der Waals surface area contributed by atoms with Crippen molar-refractivity contribution in [1.29, 1.82) is 5.26 Å². The molecule has 1 aromatic carbocycles. The first-order chi connectivity index (χ1) is 11.3. The van der Waals surface area contributed by atoms with Crippen LogP contribution in [0.25, 0.3) is 11.1 Å². The van der Waals surface area contributed by atoms with Crippen LogP contribution in [0, 0.1) is 11.3 Å². The van der Waals surface area contributed by atoms with E-state index in [1.165, 1.54) is 16.6 Å². The highest BCUT2D eigenvalue weighted by molar-refractivity contribution is 7.10. The Morgan fingerprint density at radius 2 is 2.00 bits per heavy atom. The summed E-state index contributed by atoms with van der Waals surface area (Å²) in [6, 6.07) is 12.1. The fourth-order valence-electron chi connectivity index (χ4n) is 2.06.